The van der Waals surface area contributed by atoms with Crippen LogP contribution >= 0.6 is 0 Å². The Bertz CT molecular complexity index is 288. The second kappa shape index (κ2) is 5.51. The summed E-state index contributed by atoms with van der Waals surface area (Å²) in [4.78, 5) is 4.90. The molecule has 0 aromatic rings. The maximum absolute atomic E-state index is 9.34. The molecule has 2 rings (SSSR count). The van der Waals surface area contributed by atoms with Crippen molar-refractivity contribution in [2.75, 3.05) is 39.3 Å². The van der Waals surface area contributed by atoms with Gasteiger partial charge in [-0.05, 0) is 25.0 Å². The molecule has 90 valence electrons. The molecule has 0 aromatic carbocycles. The van der Waals surface area contributed by atoms with Gasteiger partial charge in [0.15, 0.2) is 0 Å². The second-order valence-electron chi connectivity index (χ2n) is 4.48. The molecule has 1 N–H and O–H groups in total. The van der Waals surface area contributed by atoms with Gasteiger partial charge in [-0.3, -0.25) is 0 Å². The molecule has 1 aliphatic carbocycles. The quantitative estimate of drug-likeness (QED) is 0.778. The number of likely N-dealkylation sites (N-methyl/N-ethyl adjacent to an activating group) is 1. The molecule has 16 heavy (non-hydrogen) atoms. The van der Waals surface area contributed by atoms with Crippen LogP contribution in [0, 0.1) is 0 Å². The lowest BCUT2D eigenvalue weighted by Crippen LogP contribution is -2.46. The van der Waals surface area contributed by atoms with Gasteiger partial charge >= 0.3 is 0 Å². The van der Waals surface area contributed by atoms with Crippen LogP contribution in [0.25, 0.3) is 0 Å². The van der Waals surface area contributed by atoms with Crippen LogP contribution in [0.2, 0.25) is 0 Å². The number of nitrogens with zero attached hydrogens (tertiary/aromatic N) is 2. The molecule has 2 aliphatic rings. The van der Waals surface area contributed by atoms with Gasteiger partial charge in [0.1, 0.15) is 0 Å². The molecule has 0 aromatic heterocycles. The summed E-state index contributed by atoms with van der Waals surface area (Å²) in [7, 11) is 0. The van der Waals surface area contributed by atoms with Crippen LogP contribution in [0.15, 0.2) is 23.4 Å². The minimum atomic E-state index is 0.180. The SMILES string of the molecule is CCN1CCN(C2=CCCC=C2CO)CC1. The topological polar surface area (TPSA) is 26.7 Å². The van der Waals surface area contributed by atoms with E-state index in [0.717, 1.165) is 51.1 Å². The minimum absolute atomic E-state index is 0.180. The monoisotopic (exact) mass is 222 g/mol. The molecule has 1 saturated heterocycles. The molecule has 3 heteroatoms. The summed E-state index contributed by atoms with van der Waals surface area (Å²) in [5, 5.41) is 9.34. The molecule has 1 heterocycles. The van der Waals surface area contributed by atoms with Crippen LogP contribution in [0.3, 0.4) is 0 Å². The van der Waals surface area contributed by atoms with Gasteiger partial charge in [0.25, 0.3) is 0 Å². The number of aliphatic hydroxyl groups is 1. The van der Waals surface area contributed by atoms with Gasteiger partial charge in [0.2, 0.25) is 0 Å². The van der Waals surface area contributed by atoms with Gasteiger partial charge in [-0.1, -0.05) is 19.1 Å². The van der Waals surface area contributed by atoms with Crippen LogP contribution < -0.4 is 0 Å². The minimum Gasteiger partial charge on any atom is -0.392 e. The number of rotatable bonds is 3. The third-order valence-electron chi connectivity index (χ3n) is 3.55. The first-order chi connectivity index (χ1) is 7.85. The number of hydrogen-bond donors (Lipinski definition) is 1. The van der Waals surface area contributed by atoms with E-state index in [-0.39, 0.29) is 6.61 Å². The number of aliphatic hydroxyl groups excluding tert-OH is 1. The molecular weight excluding hydrogens is 200 g/mol. The van der Waals surface area contributed by atoms with Crippen molar-refractivity contribution >= 4 is 0 Å². The zero-order valence-electron chi connectivity index (χ0n) is 10.2. The molecular formula is C13H22N2O. The first kappa shape index (κ1) is 11.7. The standard InChI is InChI=1S/C13H22N2O/c1-2-14-7-9-15(10-8-14)13-6-4-3-5-12(13)11-16/h5-6,16H,2-4,7-11H2,1H3. The molecule has 0 amide bonds. The number of allylic oxidation sites excluding steroid dienone is 2. The van der Waals surface area contributed by atoms with Crippen LogP contribution in [-0.4, -0.2) is 54.2 Å². The molecule has 1 aliphatic heterocycles. The maximum Gasteiger partial charge on any atom is 0.0698 e. The molecule has 0 spiro atoms. The molecule has 0 atom stereocenters. The highest BCUT2D eigenvalue weighted by Crippen LogP contribution is 2.23. The van der Waals surface area contributed by atoms with Gasteiger partial charge in [0, 0.05) is 31.9 Å². The van der Waals surface area contributed by atoms with Crippen molar-refractivity contribution in [3.8, 4) is 0 Å². The van der Waals surface area contributed by atoms with E-state index in [9.17, 15) is 5.11 Å². The molecule has 0 radical (unpaired) electrons. The van der Waals surface area contributed by atoms with E-state index < -0.39 is 0 Å². The van der Waals surface area contributed by atoms with Crippen molar-refractivity contribution in [2.24, 2.45) is 0 Å². The third kappa shape index (κ3) is 2.47. The molecule has 3 nitrogen and oxygen atoms in total. The Morgan fingerprint density at radius 3 is 2.44 bits per heavy atom. The maximum atomic E-state index is 9.34. The molecule has 1 fully saturated rings. The molecule has 0 unspecified atom stereocenters. The Kier molecular flexibility index (Phi) is 4.02. The lowest BCUT2D eigenvalue weighted by molar-refractivity contribution is 0.164. The Morgan fingerprint density at radius 2 is 1.81 bits per heavy atom. The number of hydrogen-bond acceptors (Lipinski definition) is 3. The van der Waals surface area contributed by atoms with Crippen LogP contribution in [0.5, 0.6) is 0 Å². The summed E-state index contributed by atoms with van der Waals surface area (Å²) in [6.07, 6.45) is 6.66. The Balaban J connectivity index is 1.98. The fourth-order valence-corrected chi connectivity index (χ4v) is 2.50. The zero-order chi connectivity index (χ0) is 11.4. The fraction of sp³-hybridized carbons (Fsp3) is 0.692. The van der Waals surface area contributed by atoms with E-state index >= 15 is 0 Å². The molecule has 0 saturated carbocycles. The average Bonchev–Trinajstić information content (AvgIpc) is 2.39. The van der Waals surface area contributed by atoms with Gasteiger partial charge in [-0.15, -0.1) is 0 Å². The Labute approximate surface area is 98.0 Å². The van der Waals surface area contributed by atoms with E-state index in [1.165, 1.54) is 5.70 Å². The van der Waals surface area contributed by atoms with Gasteiger partial charge in [0.05, 0.1) is 6.61 Å². The fourth-order valence-electron chi connectivity index (χ4n) is 2.50. The zero-order valence-corrected chi connectivity index (χ0v) is 10.2. The van der Waals surface area contributed by atoms with E-state index in [0.29, 0.717) is 0 Å². The first-order valence-electron chi connectivity index (χ1n) is 6.33. The summed E-state index contributed by atoms with van der Waals surface area (Å²) in [5.41, 5.74) is 2.40. The highest BCUT2D eigenvalue weighted by atomic mass is 16.3. The largest absolute Gasteiger partial charge is 0.392 e. The normalized spacial score (nSPS) is 23.0. The van der Waals surface area contributed by atoms with Crippen LogP contribution in [0.4, 0.5) is 0 Å². The van der Waals surface area contributed by atoms with Crippen molar-refractivity contribution in [3.05, 3.63) is 23.4 Å². The smallest absolute Gasteiger partial charge is 0.0698 e. The third-order valence-corrected chi connectivity index (χ3v) is 3.55. The van der Waals surface area contributed by atoms with Crippen molar-refractivity contribution in [2.45, 2.75) is 19.8 Å². The Hall–Kier alpha value is -0.800. The van der Waals surface area contributed by atoms with Gasteiger partial charge in [-0.2, -0.15) is 0 Å². The van der Waals surface area contributed by atoms with E-state index in [4.69, 9.17) is 0 Å². The number of piperazine rings is 1. The van der Waals surface area contributed by atoms with Crippen molar-refractivity contribution < 1.29 is 5.11 Å². The average molecular weight is 222 g/mol. The van der Waals surface area contributed by atoms with Gasteiger partial charge in [-0.25, -0.2) is 0 Å². The van der Waals surface area contributed by atoms with Gasteiger partial charge < -0.3 is 14.9 Å². The second-order valence-corrected chi connectivity index (χ2v) is 4.48. The summed E-state index contributed by atoms with van der Waals surface area (Å²) < 4.78 is 0. The predicted octanol–water partition coefficient (Wildman–Crippen LogP) is 1.22. The summed E-state index contributed by atoms with van der Waals surface area (Å²) >= 11 is 0. The summed E-state index contributed by atoms with van der Waals surface area (Å²) in [6.45, 7) is 8.02. The highest BCUT2D eigenvalue weighted by Gasteiger charge is 2.20. The Morgan fingerprint density at radius 1 is 1.12 bits per heavy atom. The summed E-state index contributed by atoms with van der Waals surface area (Å²) in [5.74, 6) is 0. The molecule has 0 bridgehead atoms. The van der Waals surface area contributed by atoms with E-state index in [2.05, 4.69) is 28.9 Å². The van der Waals surface area contributed by atoms with Crippen LogP contribution in [0.1, 0.15) is 19.8 Å². The van der Waals surface area contributed by atoms with E-state index in [1.54, 1.807) is 0 Å². The van der Waals surface area contributed by atoms with Crippen molar-refractivity contribution in [1.82, 2.24) is 9.80 Å². The lowest BCUT2D eigenvalue weighted by atomic mass is 10.0. The predicted molar refractivity (Wildman–Crippen MR) is 66.2 cm³/mol. The van der Waals surface area contributed by atoms with E-state index in [1.807, 2.05) is 0 Å². The van der Waals surface area contributed by atoms with Crippen LogP contribution in [-0.2, 0) is 0 Å². The lowest BCUT2D eigenvalue weighted by Gasteiger charge is -2.38. The summed E-state index contributed by atoms with van der Waals surface area (Å²) in [6, 6.07) is 0. The first-order valence-corrected chi connectivity index (χ1v) is 6.33. The van der Waals surface area contributed by atoms with Crippen molar-refractivity contribution in [3.63, 3.8) is 0 Å². The van der Waals surface area contributed by atoms with Crippen molar-refractivity contribution in [1.29, 1.82) is 0 Å². The highest BCUT2D eigenvalue weighted by molar-refractivity contribution is 5.33.